The molecule has 1 aromatic heterocycles. The first-order valence-corrected chi connectivity index (χ1v) is 8.46. The van der Waals surface area contributed by atoms with E-state index in [0.29, 0.717) is 37.4 Å². The summed E-state index contributed by atoms with van der Waals surface area (Å²) in [6, 6.07) is 5.71. The number of halogens is 1. The molecule has 0 bridgehead atoms. The van der Waals surface area contributed by atoms with Crippen molar-refractivity contribution >= 4 is 44.9 Å². The van der Waals surface area contributed by atoms with Crippen LogP contribution in [0.25, 0.3) is 10.1 Å². The Labute approximate surface area is 137 Å². The lowest BCUT2D eigenvalue weighted by atomic mass is 9.96. The second-order valence-corrected chi connectivity index (χ2v) is 6.92. The number of amides is 1. The number of nitrogens with zero attached hydrogens (tertiary/aromatic N) is 1. The molecule has 2 heterocycles. The number of likely N-dealkylation sites (tertiary alicyclic amines) is 1. The zero-order valence-corrected chi connectivity index (χ0v) is 13.5. The third kappa shape index (κ3) is 3.10. The Morgan fingerprint density at radius 3 is 2.73 bits per heavy atom. The molecule has 1 aliphatic heterocycles. The summed E-state index contributed by atoms with van der Waals surface area (Å²) in [5, 5.41) is 12.7. The fourth-order valence-electron chi connectivity index (χ4n) is 2.84. The highest BCUT2D eigenvalue weighted by molar-refractivity contribution is 7.17. The second-order valence-electron chi connectivity index (χ2n) is 5.57. The number of carbonyl (C=O) groups excluding carboxylic acids is 1. The van der Waals surface area contributed by atoms with E-state index in [9.17, 15) is 9.59 Å². The van der Waals surface area contributed by atoms with Crippen LogP contribution in [0.1, 0.15) is 18.4 Å². The fourth-order valence-corrected chi connectivity index (χ4v) is 3.96. The van der Waals surface area contributed by atoms with E-state index < -0.39 is 5.97 Å². The van der Waals surface area contributed by atoms with Crippen LogP contribution in [0.4, 0.5) is 0 Å². The lowest BCUT2D eigenvalue weighted by Crippen LogP contribution is -2.40. The zero-order chi connectivity index (χ0) is 15.7. The summed E-state index contributed by atoms with van der Waals surface area (Å²) < 4.78 is 1.12. The van der Waals surface area contributed by atoms with Gasteiger partial charge in [0, 0.05) is 22.8 Å². The number of carboxylic acid groups (broad SMARTS) is 1. The third-order valence-corrected chi connectivity index (χ3v) is 5.40. The molecule has 22 heavy (non-hydrogen) atoms. The molecule has 0 radical (unpaired) electrons. The van der Waals surface area contributed by atoms with Gasteiger partial charge in [-0.25, -0.2) is 0 Å². The first kappa shape index (κ1) is 15.3. The van der Waals surface area contributed by atoms with Crippen LogP contribution in [0.5, 0.6) is 0 Å². The number of hydrogen-bond donors (Lipinski definition) is 1. The molecule has 2 aromatic rings. The number of rotatable bonds is 3. The molecule has 0 spiro atoms. The van der Waals surface area contributed by atoms with Crippen molar-refractivity contribution in [2.75, 3.05) is 13.1 Å². The summed E-state index contributed by atoms with van der Waals surface area (Å²) in [6.07, 6.45) is 1.42. The summed E-state index contributed by atoms with van der Waals surface area (Å²) in [5.41, 5.74) is 0.993. The van der Waals surface area contributed by atoms with Gasteiger partial charge in [-0.05, 0) is 47.4 Å². The van der Waals surface area contributed by atoms with Crippen molar-refractivity contribution in [3.05, 3.63) is 34.2 Å². The number of benzene rings is 1. The quantitative estimate of drug-likeness (QED) is 0.933. The maximum Gasteiger partial charge on any atom is 0.306 e. The van der Waals surface area contributed by atoms with E-state index in [1.807, 2.05) is 23.6 Å². The Hall–Kier alpha value is -1.59. The normalized spacial score (nSPS) is 16.1. The van der Waals surface area contributed by atoms with Gasteiger partial charge in [0.05, 0.1) is 12.3 Å². The molecule has 1 amide bonds. The molecule has 0 unspecified atom stereocenters. The van der Waals surface area contributed by atoms with Crippen molar-refractivity contribution in [1.82, 2.24) is 4.90 Å². The molecule has 1 aliphatic rings. The number of carbonyl (C=O) groups is 2. The summed E-state index contributed by atoms with van der Waals surface area (Å²) in [7, 11) is 0. The molecule has 6 heteroatoms. The zero-order valence-electron chi connectivity index (χ0n) is 11.9. The van der Waals surface area contributed by atoms with Gasteiger partial charge in [0.25, 0.3) is 0 Å². The summed E-state index contributed by atoms with van der Waals surface area (Å²) in [4.78, 5) is 25.1. The summed E-state index contributed by atoms with van der Waals surface area (Å²) in [6.45, 7) is 1.05. The van der Waals surface area contributed by atoms with Gasteiger partial charge in [0.15, 0.2) is 0 Å². The van der Waals surface area contributed by atoms with E-state index in [-0.39, 0.29) is 11.8 Å². The molecule has 1 N–H and O–H groups in total. The van der Waals surface area contributed by atoms with Crippen molar-refractivity contribution in [3.63, 3.8) is 0 Å². The number of hydrogen-bond acceptors (Lipinski definition) is 3. The minimum atomic E-state index is -0.759. The van der Waals surface area contributed by atoms with Gasteiger partial charge < -0.3 is 10.0 Å². The van der Waals surface area contributed by atoms with E-state index >= 15 is 0 Å². The SMILES string of the molecule is O=C(O)C1CCN(C(=O)Cc2csc3ccc(Cl)cc23)CC1. The monoisotopic (exact) mass is 337 g/mol. The predicted molar refractivity (Wildman–Crippen MR) is 87.5 cm³/mol. The largest absolute Gasteiger partial charge is 0.481 e. The van der Waals surface area contributed by atoms with Gasteiger partial charge in [0.1, 0.15) is 0 Å². The van der Waals surface area contributed by atoms with E-state index in [2.05, 4.69) is 0 Å². The number of piperidine rings is 1. The Morgan fingerprint density at radius 2 is 2.05 bits per heavy atom. The standard InChI is InChI=1S/C16H16ClNO3S/c17-12-1-2-14-13(8-12)11(9-22-14)7-15(19)18-5-3-10(4-6-18)16(20)21/h1-2,8-10H,3-7H2,(H,20,21). The third-order valence-electron chi connectivity index (χ3n) is 4.15. The Kier molecular flexibility index (Phi) is 4.36. The number of carboxylic acids is 1. The molecule has 1 saturated heterocycles. The fraction of sp³-hybridized carbons (Fsp3) is 0.375. The van der Waals surface area contributed by atoms with Crippen LogP contribution in [0.2, 0.25) is 5.02 Å². The maximum absolute atomic E-state index is 12.4. The number of thiophene rings is 1. The van der Waals surface area contributed by atoms with Crippen LogP contribution in [0.15, 0.2) is 23.6 Å². The van der Waals surface area contributed by atoms with E-state index in [0.717, 1.165) is 15.6 Å². The molecular formula is C16H16ClNO3S. The molecule has 1 fully saturated rings. The molecule has 116 valence electrons. The molecule has 0 atom stereocenters. The van der Waals surface area contributed by atoms with E-state index in [1.54, 1.807) is 16.2 Å². The molecule has 4 nitrogen and oxygen atoms in total. The summed E-state index contributed by atoms with van der Waals surface area (Å²) in [5.74, 6) is -1.01. The van der Waals surface area contributed by atoms with Crippen molar-refractivity contribution < 1.29 is 14.7 Å². The van der Waals surface area contributed by atoms with Gasteiger partial charge in [-0.2, -0.15) is 0 Å². The minimum Gasteiger partial charge on any atom is -0.481 e. The lowest BCUT2D eigenvalue weighted by molar-refractivity contribution is -0.145. The highest BCUT2D eigenvalue weighted by atomic mass is 35.5. The first-order chi connectivity index (χ1) is 10.5. The average molecular weight is 338 g/mol. The molecule has 3 rings (SSSR count). The van der Waals surface area contributed by atoms with Gasteiger partial charge in [-0.15, -0.1) is 11.3 Å². The average Bonchev–Trinajstić information content (AvgIpc) is 2.89. The number of fused-ring (bicyclic) bond motifs is 1. The van der Waals surface area contributed by atoms with Crippen molar-refractivity contribution in [1.29, 1.82) is 0 Å². The van der Waals surface area contributed by atoms with Gasteiger partial charge >= 0.3 is 5.97 Å². The predicted octanol–water partition coefficient (Wildman–Crippen LogP) is 3.42. The van der Waals surface area contributed by atoms with Crippen LogP contribution in [-0.2, 0) is 16.0 Å². The smallest absolute Gasteiger partial charge is 0.306 e. The van der Waals surface area contributed by atoms with Crippen LogP contribution in [0.3, 0.4) is 0 Å². The van der Waals surface area contributed by atoms with E-state index in [1.165, 1.54) is 0 Å². The molecule has 0 aliphatic carbocycles. The van der Waals surface area contributed by atoms with Gasteiger partial charge in [-0.1, -0.05) is 11.6 Å². The van der Waals surface area contributed by atoms with Gasteiger partial charge in [0.2, 0.25) is 5.91 Å². The lowest BCUT2D eigenvalue weighted by Gasteiger charge is -2.30. The topological polar surface area (TPSA) is 57.6 Å². The van der Waals surface area contributed by atoms with Crippen LogP contribution < -0.4 is 0 Å². The maximum atomic E-state index is 12.4. The van der Waals surface area contributed by atoms with Crippen molar-refractivity contribution in [3.8, 4) is 0 Å². The summed E-state index contributed by atoms with van der Waals surface area (Å²) >= 11 is 7.64. The molecular weight excluding hydrogens is 322 g/mol. The van der Waals surface area contributed by atoms with E-state index in [4.69, 9.17) is 16.7 Å². The highest BCUT2D eigenvalue weighted by Gasteiger charge is 2.27. The Balaban J connectivity index is 1.69. The molecule has 1 aromatic carbocycles. The Morgan fingerprint density at radius 1 is 1.32 bits per heavy atom. The van der Waals surface area contributed by atoms with Crippen LogP contribution in [-0.4, -0.2) is 35.0 Å². The number of aliphatic carboxylic acids is 1. The minimum absolute atomic E-state index is 0.0588. The highest BCUT2D eigenvalue weighted by Crippen LogP contribution is 2.29. The second kappa shape index (κ2) is 6.26. The first-order valence-electron chi connectivity index (χ1n) is 7.21. The van der Waals surface area contributed by atoms with Crippen molar-refractivity contribution in [2.24, 2.45) is 5.92 Å². The van der Waals surface area contributed by atoms with Gasteiger partial charge in [-0.3, -0.25) is 9.59 Å². The van der Waals surface area contributed by atoms with Crippen LogP contribution in [0, 0.1) is 5.92 Å². The van der Waals surface area contributed by atoms with Crippen LogP contribution >= 0.6 is 22.9 Å². The Bertz CT molecular complexity index is 719. The van der Waals surface area contributed by atoms with Crippen molar-refractivity contribution in [2.45, 2.75) is 19.3 Å². The molecule has 0 saturated carbocycles.